The number of esters is 1. The summed E-state index contributed by atoms with van der Waals surface area (Å²) in [7, 11) is 0. The number of ether oxygens (including phenoxy) is 1. The molecule has 1 aromatic carbocycles. The number of benzene rings is 1. The van der Waals surface area contributed by atoms with E-state index < -0.39 is 12.1 Å². The number of hydrogen-bond donors (Lipinski definition) is 0. The monoisotopic (exact) mass is 375 g/mol. The highest BCUT2D eigenvalue weighted by Crippen LogP contribution is 2.19. The van der Waals surface area contributed by atoms with Crippen LogP contribution >= 0.6 is 15.9 Å². The predicted octanol–water partition coefficient (Wildman–Crippen LogP) is 4.20. The summed E-state index contributed by atoms with van der Waals surface area (Å²) in [6.07, 6.45) is 2.12. The number of rotatable bonds is 4. The van der Waals surface area contributed by atoms with Gasteiger partial charge in [0.1, 0.15) is 0 Å². The molecule has 1 heterocycles. The van der Waals surface area contributed by atoms with Crippen LogP contribution in [0, 0.1) is 20.8 Å². The Kier molecular flexibility index (Phi) is 5.31. The van der Waals surface area contributed by atoms with E-state index in [0.717, 1.165) is 16.7 Å². The van der Waals surface area contributed by atoms with Crippen molar-refractivity contribution in [2.75, 3.05) is 0 Å². The zero-order chi connectivity index (χ0) is 17.1. The van der Waals surface area contributed by atoms with Gasteiger partial charge in [-0.3, -0.25) is 9.78 Å². The molecule has 2 rings (SSSR count). The fourth-order valence-electron chi connectivity index (χ4n) is 2.25. The summed E-state index contributed by atoms with van der Waals surface area (Å²) in [5.41, 5.74) is 3.93. The quantitative estimate of drug-likeness (QED) is 0.593. The molecule has 120 valence electrons. The van der Waals surface area contributed by atoms with Crippen molar-refractivity contribution in [3.05, 3.63) is 62.9 Å². The molecular weight excluding hydrogens is 358 g/mol. The third-order valence-corrected chi connectivity index (χ3v) is 4.13. The van der Waals surface area contributed by atoms with Crippen LogP contribution in [0.1, 0.15) is 44.3 Å². The van der Waals surface area contributed by atoms with Crippen LogP contribution in [-0.2, 0) is 4.74 Å². The molecule has 1 aromatic heterocycles. The van der Waals surface area contributed by atoms with Crippen molar-refractivity contribution in [2.24, 2.45) is 0 Å². The lowest BCUT2D eigenvalue weighted by Gasteiger charge is -2.15. The Morgan fingerprint density at radius 3 is 2.35 bits per heavy atom. The summed E-state index contributed by atoms with van der Waals surface area (Å²) >= 11 is 3.25. The van der Waals surface area contributed by atoms with Crippen LogP contribution in [0.3, 0.4) is 0 Å². The average molecular weight is 376 g/mol. The van der Waals surface area contributed by atoms with Gasteiger partial charge in [-0.2, -0.15) is 0 Å². The molecule has 0 aliphatic rings. The van der Waals surface area contributed by atoms with E-state index >= 15 is 0 Å². The minimum absolute atomic E-state index is 0.207. The number of Topliss-reactive ketones (excluding diaryl/α,β-unsaturated/α-hetero) is 1. The van der Waals surface area contributed by atoms with Crippen LogP contribution in [0.15, 0.2) is 35.1 Å². The number of carbonyl (C=O) groups is 2. The molecule has 0 amide bonds. The molecule has 2 aromatic rings. The molecule has 1 atom stereocenters. The minimum Gasteiger partial charge on any atom is -0.451 e. The van der Waals surface area contributed by atoms with Gasteiger partial charge in [0.2, 0.25) is 5.78 Å². The molecule has 0 spiro atoms. The fourth-order valence-corrected chi connectivity index (χ4v) is 2.62. The van der Waals surface area contributed by atoms with E-state index in [9.17, 15) is 9.59 Å². The summed E-state index contributed by atoms with van der Waals surface area (Å²) in [6, 6.07) is 5.42. The van der Waals surface area contributed by atoms with Gasteiger partial charge in [0.05, 0.1) is 5.56 Å². The van der Waals surface area contributed by atoms with Crippen molar-refractivity contribution in [3.63, 3.8) is 0 Å². The van der Waals surface area contributed by atoms with E-state index in [1.54, 1.807) is 19.2 Å². The second-order valence-corrected chi connectivity index (χ2v) is 6.47. The number of aryl methyl sites for hydroxylation is 3. The number of nitrogens with zero attached hydrogens (tertiary/aromatic N) is 1. The highest BCUT2D eigenvalue weighted by molar-refractivity contribution is 9.10. The first-order valence-corrected chi connectivity index (χ1v) is 8.02. The van der Waals surface area contributed by atoms with Crippen LogP contribution < -0.4 is 0 Å². The number of aromatic nitrogens is 1. The van der Waals surface area contributed by atoms with Crippen molar-refractivity contribution in [2.45, 2.75) is 33.8 Å². The average Bonchev–Trinajstić information content (AvgIpc) is 2.50. The van der Waals surface area contributed by atoms with E-state index in [1.165, 1.54) is 6.20 Å². The number of pyridine rings is 1. The van der Waals surface area contributed by atoms with E-state index in [1.807, 2.05) is 32.9 Å². The molecule has 0 N–H and O–H groups in total. The Labute approximate surface area is 144 Å². The van der Waals surface area contributed by atoms with Crippen LogP contribution in [0.5, 0.6) is 0 Å². The number of carbonyl (C=O) groups excluding carboxylic acids is 2. The summed E-state index contributed by atoms with van der Waals surface area (Å²) in [6.45, 7) is 7.42. The predicted molar refractivity (Wildman–Crippen MR) is 91.8 cm³/mol. The number of ketones is 1. The zero-order valence-corrected chi connectivity index (χ0v) is 15.1. The van der Waals surface area contributed by atoms with E-state index in [4.69, 9.17) is 4.74 Å². The maximum Gasteiger partial charge on any atom is 0.340 e. The van der Waals surface area contributed by atoms with Crippen molar-refractivity contribution in [3.8, 4) is 0 Å². The van der Waals surface area contributed by atoms with Gasteiger partial charge >= 0.3 is 5.97 Å². The first-order chi connectivity index (χ1) is 10.8. The van der Waals surface area contributed by atoms with Crippen molar-refractivity contribution >= 4 is 27.7 Å². The lowest BCUT2D eigenvalue weighted by Crippen LogP contribution is -2.25. The van der Waals surface area contributed by atoms with Crippen molar-refractivity contribution < 1.29 is 14.3 Å². The van der Waals surface area contributed by atoms with Crippen molar-refractivity contribution in [1.29, 1.82) is 0 Å². The summed E-state index contributed by atoms with van der Waals surface area (Å²) < 4.78 is 5.96. The van der Waals surface area contributed by atoms with Gasteiger partial charge < -0.3 is 4.74 Å². The first-order valence-electron chi connectivity index (χ1n) is 7.23. The Hall–Kier alpha value is -2.01. The molecule has 0 fully saturated rings. The smallest absolute Gasteiger partial charge is 0.340 e. The van der Waals surface area contributed by atoms with Gasteiger partial charge in [0, 0.05) is 22.4 Å². The van der Waals surface area contributed by atoms with Crippen molar-refractivity contribution in [1.82, 2.24) is 4.98 Å². The third-order valence-electron chi connectivity index (χ3n) is 3.70. The van der Waals surface area contributed by atoms with E-state index in [2.05, 4.69) is 20.9 Å². The van der Waals surface area contributed by atoms with Gasteiger partial charge in [-0.25, -0.2) is 4.79 Å². The van der Waals surface area contributed by atoms with Gasteiger partial charge in [-0.05, 0) is 72.4 Å². The molecule has 0 saturated heterocycles. The van der Waals surface area contributed by atoms with Gasteiger partial charge in [-0.15, -0.1) is 0 Å². The second-order valence-electron chi connectivity index (χ2n) is 5.56. The van der Waals surface area contributed by atoms with E-state index in [-0.39, 0.29) is 5.78 Å². The molecule has 0 aliphatic carbocycles. The molecule has 5 heteroatoms. The van der Waals surface area contributed by atoms with Gasteiger partial charge in [0.15, 0.2) is 6.10 Å². The van der Waals surface area contributed by atoms with Crippen LogP contribution in [0.25, 0.3) is 0 Å². The Morgan fingerprint density at radius 1 is 1.04 bits per heavy atom. The Bertz CT molecular complexity index is 771. The molecular formula is C18H18BrNO3. The molecule has 23 heavy (non-hydrogen) atoms. The molecule has 0 radical (unpaired) electrons. The summed E-state index contributed by atoms with van der Waals surface area (Å²) in [5, 5.41) is 0. The normalized spacial score (nSPS) is 11.9. The lowest BCUT2D eigenvalue weighted by atomic mass is 9.96. The van der Waals surface area contributed by atoms with Crippen LogP contribution in [0.4, 0.5) is 0 Å². The zero-order valence-electron chi connectivity index (χ0n) is 13.5. The maximum atomic E-state index is 12.6. The third kappa shape index (κ3) is 4.05. The maximum absolute atomic E-state index is 12.6. The minimum atomic E-state index is -0.859. The van der Waals surface area contributed by atoms with Gasteiger partial charge in [-0.1, -0.05) is 6.07 Å². The van der Waals surface area contributed by atoms with Crippen LogP contribution in [0.2, 0.25) is 0 Å². The Morgan fingerprint density at radius 2 is 1.70 bits per heavy atom. The number of halogens is 1. The highest BCUT2D eigenvalue weighted by Gasteiger charge is 2.22. The van der Waals surface area contributed by atoms with E-state index in [0.29, 0.717) is 15.6 Å². The fraction of sp³-hybridized carbons (Fsp3) is 0.278. The Balaban J connectivity index is 2.17. The highest BCUT2D eigenvalue weighted by atomic mass is 79.9. The second kappa shape index (κ2) is 7.04. The molecule has 0 saturated carbocycles. The summed E-state index contributed by atoms with van der Waals surface area (Å²) in [4.78, 5) is 28.6. The molecule has 4 nitrogen and oxygen atoms in total. The standard InChI is InChI=1S/C18H18BrNO3/c1-10-5-12(3)16(6-11(10)2)17(21)13(4)23-18(22)14-7-15(19)9-20-8-14/h5-9,13H,1-4H3/t13-/m1/s1. The molecule has 0 aliphatic heterocycles. The first kappa shape index (κ1) is 17.3. The molecule has 0 bridgehead atoms. The largest absolute Gasteiger partial charge is 0.451 e. The number of hydrogen-bond acceptors (Lipinski definition) is 4. The van der Waals surface area contributed by atoms with Gasteiger partial charge in [0.25, 0.3) is 0 Å². The summed E-state index contributed by atoms with van der Waals surface area (Å²) in [5.74, 6) is -0.775. The molecule has 0 unspecified atom stereocenters. The topological polar surface area (TPSA) is 56.3 Å². The SMILES string of the molecule is Cc1cc(C)c(C(=O)[C@@H](C)OC(=O)c2cncc(Br)c2)cc1C. The van der Waals surface area contributed by atoms with Crippen LogP contribution in [-0.4, -0.2) is 22.8 Å². The lowest BCUT2D eigenvalue weighted by molar-refractivity contribution is 0.0318.